The van der Waals surface area contributed by atoms with Crippen molar-refractivity contribution in [1.29, 1.82) is 0 Å². The summed E-state index contributed by atoms with van der Waals surface area (Å²) in [6, 6.07) is 4.46. The average molecular weight is 297 g/mol. The van der Waals surface area contributed by atoms with E-state index in [2.05, 4.69) is 0 Å². The fourth-order valence-electron chi connectivity index (χ4n) is 1.35. The molecule has 1 aromatic heterocycles. The van der Waals surface area contributed by atoms with Gasteiger partial charge in [-0.2, -0.15) is 0 Å². The molecule has 0 fully saturated rings. The molecule has 0 saturated heterocycles. The summed E-state index contributed by atoms with van der Waals surface area (Å²) in [5, 5.41) is -0.886. The second-order valence-electron chi connectivity index (χ2n) is 3.29. The van der Waals surface area contributed by atoms with Crippen molar-refractivity contribution in [2.75, 3.05) is 0 Å². The zero-order valence-corrected chi connectivity index (χ0v) is 10.5. The lowest BCUT2D eigenvalue weighted by molar-refractivity contribution is 0.490. The van der Waals surface area contributed by atoms with Crippen molar-refractivity contribution in [3.8, 4) is 0 Å². The fourth-order valence-corrected chi connectivity index (χ4v) is 2.78. The summed E-state index contributed by atoms with van der Waals surface area (Å²) in [5.74, 6) is -3.25. The van der Waals surface area contributed by atoms with Crippen LogP contribution in [0.4, 0.5) is 13.2 Å². The maximum Gasteiger partial charge on any atom is 0.161 e. The first-order valence-electron chi connectivity index (χ1n) is 4.53. The predicted octanol–water partition coefficient (Wildman–Crippen LogP) is 5.15. The SMILES string of the molecule is Fc1cc(F)c(C(Cl)c2ccc(Cl)s2)cc1F. The van der Waals surface area contributed by atoms with Crippen LogP contribution in [0.1, 0.15) is 15.8 Å². The van der Waals surface area contributed by atoms with Gasteiger partial charge in [-0.15, -0.1) is 22.9 Å². The summed E-state index contributed by atoms with van der Waals surface area (Å²) in [4.78, 5) is 0.571. The fraction of sp³-hybridized carbons (Fsp3) is 0.0909. The molecule has 1 atom stereocenters. The Morgan fingerprint density at radius 2 is 1.65 bits per heavy atom. The molecular formula is C11H5Cl2F3S. The van der Waals surface area contributed by atoms with Crippen molar-refractivity contribution < 1.29 is 13.2 Å². The highest BCUT2D eigenvalue weighted by atomic mass is 35.5. The van der Waals surface area contributed by atoms with Gasteiger partial charge in [0.2, 0.25) is 0 Å². The van der Waals surface area contributed by atoms with Gasteiger partial charge in [0.15, 0.2) is 11.6 Å². The molecule has 0 amide bonds. The molecule has 2 rings (SSSR count). The molecule has 17 heavy (non-hydrogen) atoms. The molecule has 2 aromatic rings. The van der Waals surface area contributed by atoms with E-state index in [4.69, 9.17) is 23.2 Å². The van der Waals surface area contributed by atoms with E-state index in [1.165, 1.54) is 0 Å². The van der Waals surface area contributed by atoms with Gasteiger partial charge in [-0.3, -0.25) is 0 Å². The summed E-state index contributed by atoms with van der Waals surface area (Å²) in [5.41, 5.74) is -0.107. The lowest BCUT2D eigenvalue weighted by atomic mass is 10.1. The highest BCUT2D eigenvalue weighted by Gasteiger charge is 2.19. The van der Waals surface area contributed by atoms with Crippen LogP contribution in [0.3, 0.4) is 0 Å². The smallest absolute Gasteiger partial charge is 0.161 e. The van der Waals surface area contributed by atoms with Crippen molar-refractivity contribution >= 4 is 34.5 Å². The van der Waals surface area contributed by atoms with E-state index in [-0.39, 0.29) is 5.56 Å². The summed E-state index contributed by atoms with van der Waals surface area (Å²) < 4.78 is 39.7. The highest BCUT2D eigenvalue weighted by molar-refractivity contribution is 7.16. The van der Waals surface area contributed by atoms with Gasteiger partial charge in [-0.05, 0) is 18.2 Å². The Bertz CT molecular complexity index is 554. The number of rotatable bonds is 2. The minimum absolute atomic E-state index is 0.107. The second kappa shape index (κ2) is 4.88. The molecule has 1 unspecified atom stereocenters. The van der Waals surface area contributed by atoms with Gasteiger partial charge in [0.1, 0.15) is 5.82 Å². The Labute approximate surface area is 110 Å². The van der Waals surface area contributed by atoms with Gasteiger partial charge in [-0.1, -0.05) is 11.6 Å². The van der Waals surface area contributed by atoms with E-state index in [9.17, 15) is 13.2 Å². The van der Waals surface area contributed by atoms with Crippen LogP contribution in [0.5, 0.6) is 0 Å². The Morgan fingerprint density at radius 1 is 1.00 bits per heavy atom. The van der Waals surface area contributed by atoms with Crippen LogP contribution in [0.25, 0.3) is 0 Å². The Kier molecular flexibility index (Phi) is 3.66. The highest BCUT2D eigenvalue weighted by Crippen LogP contribution is 2.37. The largest absolute Gasteiger partial charge is 0.207 e. The van der Waals surface area contributed by atoms with E-state index in [1.807, 2.05) is 0 Å². The monoisotopic (exact) mass is 296 g/mol. The topological polar surface area (TPSA) is 0 Å². The molecule has 0 aliphatic rings. The molecule has 0 bridgehead atoms. The first-order valence-corrected chi connectivity index (χ1v) is 6.16. The maximum atomic E-state index is 13.5. The standard InChI is InChI=1S/C11H5Cl2F3S/c12-10-2-1-9(17-10)11(13)5-3-7(15)8(16)4-6(5)14/h1-4,11H. The second-order valence-corrected chi connectivity index (χ2v) is 5.48. The summed E-state index contributed by atoms with van der Waals surface area (Å²) in [6.45, 7) is 0. The summed E-state index contributed by atoms with van der Waals surface area (Å²) in [6.07, 6.45) is 0. The normalized spacial score (nSPS) is 12.8. The maximum absolute atomic E-state index is 13.5. The molecule has 0 aliphatic heterocycles. The summed E-state index contributed by atoms with van der Waals surface area (Å²) >= 11 is 12.9. The Balaban J connectivity index is 2.43. The van der Waals surface area contributed by atoms with Crippen molar-refractivity contribution in [1.82, 2.24) is 0 Å². The van der Waals surface area contributed by atoms with Crippen LogP contribution in [-0.2, 0) is 0 Å². The van der Waals surface area contributed by atoms with Gasteiger partial charge in [0, 0.05) is 16.5 Å². The van der Waals surface area contributed by atoms with Crippen molar-refractivity contribution in [2.45, 2.75) is 5.38 Å². The molecular weight excluding hydrogens is 292 g/mol. The third-order valence-corrected chi connectivity index (χ3v) is 4.05. The van der Waals surface area contributed by atoms with Gasteiger partial charge in [0.25, 0.3) is 0 Å². The van der Waals surface area contributed by atoms with E-state index in [0.29, 0.717) is 15.3 Å². The number of hydrogen-bond acceptors (Lipinski definition) is 1. The van der Waals surface area contributed by atoms with Crippen LogP contribution < -0.4 is 0 Å². The number of thiophene rings is 1. The molecule has 1 aromatic carbocycles. The number of alkyl halides is 1. The first-order chi connectivity index (χ1) is 7.99. The predicted molar refractivity (Wildman–Crippen MR) is 63.3 cm³/mol. The van der Waals surface area contributed by atoms with Crippen LogP contribution in [0, 0.1) is 17.5 Å². The van der Waals surface area contributed by atoms with Crippen molar-refractivity contribution in [2.24, 2.45) is 0 Å². The Morgan fingerprint density at radius 3 is 2.24 bits per heavy atom. The van der Waals surface area contributed by atoms with Crippen molar-refractivity contribution in [3.05, 3.63) is 56.5 Å². The number of halogens is 5. The molecule has 0 N–H and O–H groups in total. The lowest BCUT2D eigenvalue weighted by Gasteiger charge is -2.09. The quantitative estimate of drug-likeness (QED) is 0.531. The van der Waals surface area contributed by atoms with E-state index in [1.54, 1.807) is 12.1 Å². The third-order valence-electron chi connectivity index (χ3n) is 2.16. The van der Waals surface area contributed by atoms with Crippen LogP contribution in [0.2, 0.25) is 4.34 Å². The van der Waals surface area contributed by atoms with Crippen LogP contribution in [0.15, 0.2) is 24.3 Å². The lowest BCUT2D eigenvalue weighted by Crippen LogP contribution is -1.98. The van der Waals surface area contributed by atoms with E-state index < -0.39 is 22.8 Å². The Hall–Kier alpha value is -0.710. The van der Waals surface area contributed by atoms with Gasteiger partial charge < -0.3 is 0 Å². The molecule has 0 aliphatic carbocycles. The average Bonchev–Trinajstić information content (AvgIpc) is 2.69. The molecule has 90 valence electrons. The van der Waals surface area contributed by atoms with E-state index in [0.717, 1.165) is 17.4 Å². The van der Waals surface area contributed by atoms with Gasteiger partial charge in [0.05, 0.1) is 9.71 Å². The van der Waals surface area contributed by atoms with Gasteiger partial charge >= 0.3 is 0 Å². The molecule has 0 nitrogen and oxygen atoms in total. The summed E-state index contributed by atoms with van der Waals surface area (Å²) in [7, 11) is 0. The molecule has 0 saturated carbocycles. The zero-order valence-electron chi connectivity index (χ0n) is 8.18. The molecule has 6 heteroatoms. The van der Waals surface area contributed by atoms with Crippen LogP contribution in [-0.4, -0.2) is 0 Å². The third kappa shape index (κ3) is 2.59. The number of benzene rings is 1. The minimum Gasteiger partial charge on any atom is -0.207 e. The van der Waals surface area contributed by atoms with Gasteiger partial charge in [-0.25, -0.2) is 13.2 Å². The van der Waals surface area contributed by atoms with Crippen molar-refractivity contribution in [3.63, 3.8) is 0 Å². The van der Waals surface area contributed by atoms with E-state index >= 15 is 0 Å². The first kappa shape index (κ1) is 12.7. The van der Waals surface area contributed by atoms with Crippen LogP contribution >= 0.6 is 34.5 Å². The zero-order chi connectivity index (χ0) is 12.6. The molecule has 1 heterocycles. The molecule has 0 radical (unpaired) electrons. The minimum atomic E-state index is -1.24. The molecule has 0 spiro atoms. The number of hydrogen-bond donors (Lipinski definition) is 0.